The molecule has 3 heteroatoms. The fourth-order valence-electron chi connectivity index (χ4n) is 1.81. The summed E-state index contributed by atoms with van der Waals surface area (Å²) in [6.07, 6.45) is 0.532. The van der Waals surface area contributed by atoms with Crippen LogP contribution in [0.4, 0.5) is 0 Å². The smallest absolute Gasteiger partial charge is 0.0671 e. The fraction of sp³-hybridized carbons (Fsp3) is 0.429. The van der Waals surface area contributed by atoms with E-state index in [1.807, 2.05) is 11.8 Å². The molecule has 17 heavy (non-hydrogen) atoms. The highest BCUT2D eigenvalue weighted by Crippen LogP contribution is 2.27. The average molecular weight is 266 g/mol. The Hall–Kier alpha value is -0.510. The second kappa shape index (κ2) is 5.89. The van der Waals surface area contributed by atoms with E-state index >= 15 is 0 Å². The number of rotatable bonds is 5. The van der Waals surface area contributed by atoms with Crippen molar-refractivity contribution < 1.29 is 5.11 Å². The normalized spacial score (nSPS) is 13.4. The van der Waals surface area contributed by atoms with Crippen LogP contribution in [0.25, 0.3) is 10.1 Å². The van der Waals surface area contributed by atoms with Gasteiger partial charge in [-0.1, -0.05) is 32.0 Å². The molecule has 0 saturated heterocycles. The lowest BCUT2D eigenvalue weighted by atomic mass is 10.1. The van der Waals surface area contributed by atoms with E-state index in [-0.39, 0.29) is 6.10 Å². The van der Waals surface area contributed by atoms with Crippen molar-refractivity contribution in [2.45, 2.75) is 31.6 Å². The van der Waals surface area contributed by atoms with Gasteiger partial charge < -0.3 is 5.11 Å². The molecular formula is C14H18OS2. The largest absolute Gasteiger partial charge is 0.392 e. The van der Waals surface area contributed by atoms with Crippen molar-refractivity contribution in [1.29, 1.82) is 0 Å². The molecule has 0 fully saturated rings. The third-order valence-electron chi connectivity index (χ3n) is 2.64. The monoisotopic (exact) mass is 266 g/mol. The number of aliphatic hydroxyl groups excluding tert-OH is 1. The lowest BCUT2D eigenvalue weighted by molar-refractivity contribution is 0.200. The van der Waals surface area contributed by atoms with Crippen molar-refractivity contribution in [3.05, 3.63) is 35.2 Å². The Kier molecular flexibility index (Phi) is 4.48. The van der Waals surface area contributed by atoms with Gasteiger partial charge in [0.1, 0.15) is 0 Å². The van der Waals surface area contributed by atoms with Crippen LogP contribution in [-0.4, -0.2) is 22.2 Å². The van der Waals surface area contributed by atoms with E-state index in [1.165, 1.54) is 15.6 Å². The van der Waals surface area contributed by atoms with Crippen LogP contribution in [0.15, 0.2) is 29.6 Å². The molecule has 1 aromatic carbocycles. The maximum absolute atomic E-state index is 10.0. The molecule has 0 aliphatic rings. The Morgan fingerprint density at radius 2 is 2.06 bits per heavy atom. The second-order valence-electron chi connectivity index (χ2n) is 4.50. The van der Waals surface area contributed by atoms with E-state index in [0.29, 0.717) is 5.25 Å². The first kappa shape index (κ1) is 12.9. The molecule has 1 atom stereocenters. The summed E-state index contributed by atoms with van der Waals surface area (Å²) in [5.74, 6) is 0.821. The van der Waals surface area contributed by atoms with E-state index in [2.05, 4.69) is 43.5 Å². The Morgan fingerprint density at radius 3 is 2.82 bits per heavy atom. The molecule has 0 aliphatic heterocycles. The number of thioether (sulfide) groups is 1. The second-order valence-corrected chi connectivity index (χ2v) is 7.02. The molecule has 2 rings (SSSR count). The van der Waals surface area contributed by atoms with Gasteiger partial charge in [-0.05, 0) is 27.6 Å². The molecule has 92 valence electrons. The van der Waals surface area contributed by atoms with E-state index in [9.17, 15) is 5.11 Å². The maximum atomic E-state index is 10.0. The van der Waals surface area contributed by atoms with Gasteiger partial charge in [0.25, 0.3) is 0 Å². The zero-order chi connectivity index (χ0) is 12.3. The highest BCUT2D eigenvalue weighted by molar-refractivity contribution is 7.99. The molecule has 1 heterocycles. The summed E-state index contributed by atoms with van der Waals surface area (Å²) in [4.78, 5) is 0. The number of hydrogen-bond acceptors (Lipinski definition) is 3. The van der Waals surface area contributed by atoms with Crippen molar-refractivity contribution >= 4 is 33.2 Å². The summed E-state index contributed by atoms with van der Waals surface area (Å²) in [5, 5.41) is 14.1. The fourth-order valence-corrected chi connectivity index (χ4v) is 3.51. The van der Waals surface area contributed by atoms with Crippen LogP contribution in [0, 0.1) is 0 Å². The van der Waals surface area contributed by atoms with Gasteiger partial charge in [-0.25, -0.2) is 0 Å². The molecule has 1 nitrogen and oxygen atoms in total. The number of aliphatic hydroxyl groups is 1. The Bertz CT molecular complexity index is 476. The Morgan fingerprint density at radius 1 is 1.29 bits per heavy atom. The minimum Gasteiger partial charge on any atom is -0.392 e. The lowest BCUT2D eigenvalue weighted by Crippen LogP contribution is -2.14. The first-order valence-electron chi connectivity index (χ1n) is 5.91. The van der Waals surface area contributed by atoms with Gasteiger partial charge in [0.15, 0.2) is 0 Å². The summed E-state index contributed by atoms with van der Waals surface area (Å²) in [6.45, 7) is 4.33. The van der Waals surface area contributed by atoms with Crippen LogP contribution in [0.2, 0.25) is 0 Å². The first-order chi connectivity index (χ1) is 8.16. The van der Waals surface area contributed by atoms with Gasteiger partial charge in [0, 0.05) is 16.9 Å². The van der Waals surface area contributed by atoms with Gasteiger partial charge in [0.2, 0.25) is 0 Å². The molecule has 0 aliphatic carbocycles. The van der Waals surface area contributed by atoms with Crippen molar-refractivity contribution in [2.24, 2.45) is 0 Å². The zero-order valence-electron chi connectivity index (χ0n) is 10.2. The van der Waals surface area contributed by atoms with Crippen LogP contribution in [0.5, 0.6) is 0 Å². The van der Waals surface area contributed by atoms with Crippen LogP contribution in [-0.2, 0) is 6.42 Å². The van der Waals surface area contributed by atoms with Crippen molar-refractivity contribution in [3.63, 3.8) is 0 Å². The summed E-state index contributed by atoms with van der Waals surface area (Å²) in [5.41, 5.74) is 1.28. The van der Waals surface area contributed by atoms with Crippen LogP contribution < -0.4 is 0 Å². The highest BCUT2D eigenvalue weighted by Gasteiger charge is 2.10. The van der Waals surface area contributed by atoms with Crippen molar-refractivity contribution in [3.8, 4) is 0 Å². The number of benzene rings is 1. The molecule has 1 unspecified atom stereocenters. The molecule has 0 saturated carbocycles. The summed E-state index contributed by atoms with van der Waals surface area (Å²) < 4.78 is 1.31. The molecule has 2 aromatic rings. The van der Waals surface area contributed by atoms with Crippen molar-refractivity contribution in [1.82, 2.24) is 0 Å². The van der Waals surface area contributed by atoms with Gasteiger partial charge in [-0.3, -0.25) is 0 Å². The maximum Gasteiger partial charge on any atom is 0.0671 e. The number of fused-ring (bicyclic) bond motifs is 1. The highest BCUT2D eigenvalue weighted by atomic mass is 32.2. The molecular weight excluding hydrogens is 248 g/mol. The standard InChI is InChI=1S/C14H18OS2/c1-10(2)16-9-12(15)7-11-8-17-14-6-4-3-5-13(11)14/h3-6,8,10,12,15H,7,9H2,1-2H3. The van der Waals surface area contributed by atoms with E-state index in [4.69, 9.17) is 0 Å². The average Bonchev–Trinajstić information content (AvgIpc) is 2.70. The zero-order valence-corrected chi connectivity index (χ0v) is 11.9. The number of hydrogen-bond donors (Lipinski definition) is 1. The van der Waals surface area contributed by atoms with E-state index in [0.717, 1.165) is 12.2 Å². The van der Waals surface area contributed by atoms with Crippen LogP contribution in [0.3, 0.4) is 0 Å². The summed E-state index contributed by atoms with van der Waals surface area (Å²) in [7, 11) is 0. The van der Waals surface area contributed by atoms with Gasteiger partial charge in [0.05, 0.1) is 6.10 Å². The number of thiophene rings is 1. The first-order valence-corrected chi connectivity index (χ1v) is 7.84. The molecule has 1 N–H and O–H groups in total. The molecule has 0 amide bonds. The minimum atomic E-state index is -0.236. The van der Waals surface area contributed by atoms with Gasteiger partial charge in [-0.15, -0.1) is 11.3 Å². The van der Waals surface area contributed by atoms with Crippen LogP contribution in [0.1, 0.15) is 19.4 Å². The summed E-state index contributed by atoms with van der Waals surface area (Å²) in [6, 6.07) is 8.41. The third-order valence-corrected chi connectivity index (χ3v) is 4.89. The minimum absolute atomic E-state index is 0.236. The van der Waals surface area contributed by atoms with E-state index < -0.39 is 0 Å². The predicted octanol–water partition coefficient (Wildman–Crippen LogP) is 3.95. The Labute approximate surface area is 111 Å². The predicted molar refractivity (Wildman–Crippen MR) is 79.1 cm³/mol. The Balaban J connectivity index is 2.03. The van der Waals surface area contributed by atoms with Crippen molar-refractivity contribution in [2.75, 3.05) is 5.75 Å². The SMILES string of the molecule is CC(C)SCC(O)Cc1csc2ccccc12. The molecule has 0 radical (unpaired) electrons. The quantitative estimate of drug-likeness (QED) is 0.884. The molecule has 0 spiro atoms. The summed E-state index contributed by atoms with van der Waals surface area (Å²) >= 11 is 3.58. The molecule has 0 bridgehead atoms. The van der Waals surface area contributed by atoms with Crippen LogP contribution >= 0.6 is 23.1 Å². The van der Waals surface area contributed by atoms with E-state index in [1.54, 1.807) is 11.3 Å². The third kappa shape index (κ3) is 3.47. The van der Waals surface area contributed by atoms with Gasteiger partial charge >= 0.3 is 0 Å². The van der Waals surface area contributed by atoms with Gasteiger partial charge in [-0.2, -0.15) is 11.8 Å². The molecule has 1 aromatic heterocycles. The topological polar surface area (TPSA) is 20.2 Å². The lowest BCUT2D eigenvalue weighted by Gasteiger charge is -2.11.